The number of piperidine rings is 1. The fourth-order valence-corrected chi connectivity index (χ4v) is 4.08. The molecule has 0 unspecified atom stereocenters. The van der Waals surface area contributed by atoms with Gasteiger partial charge in [0, 0.05) is 28.1 Å². The number of halogens is 1. The topological polar surface area (TPSA) is 74.6 Å². The van der Waals surface area contributed by atoms with Crippen molar-refractivity contribution in [3.8, 4) is 0 Å². The number of furan rings is 1. The molecular formula is C24H26ClN3O3. The summed E-state index contributed by atoms with van der Waals surface area (Å²) >= 11 is 5.92. The van der Waals surface area contributed by atoms with Gasteiger partial charge in [0.2, 0.25) is 11.7 Å². The normalized spacial score (nSPS) is 15.4. The van der Waals surface area contributed by atoms with Crippen LogP contribution in [0.1, 0.15) is 37.2 Å². The average Bonchev–Trinajstić information content (AvgIpc) is 3.14. The molecule has 2 amide bonds. The number of hydrogen-bond acceptors (Lipinski definition) is 4. The lowest BCUT2D eigenvalue weighted by molar-refractivity contribution is -0.121. The van der Waals surface area contributed by atoms with Gasteiger partial charge in [-0.25, -0.2) is 0 Å². The Labute approximate surface area is 186 Å². The molecule has 0 atom stereocenters. The second-order valence-electron chi connectivity index (χ2n) is 8.16. The van der Waals surface area contributed by atoms with E-state index in [4.69, 9.17) is 16.0 Å². The van der Waals surface area contributed by atoms with Crippen LogP contribution in [-0.2, 0) is 4.79 Å². The standard InChI is InChI=1S/C24H26ClN3O3/c1-15(2)28-13-11-16(12-14-28)23(29)27-21-19-5-3-4-6-20(19)31-22(21)24(30)26-18-9-7-17(25)8-10-18/h3-10,15-16H,11-14H2,1-2H3,(H,26,30)(H,27,29). The van der Waals surface area contributed by atoms with Crippen LogP contribution in [0.25, 0.3) is 11.0 Å². The van der Waals surface area contributed by atoms with Crippen molar-refractivity contribution in [2.24, 2.45) is 5.92 Å². The van der Waals surface area contributed by atoms with Gasteiger partial charge >= 0.3 is 0 Å². The maximum Gasteiger partial charge on any atom is 0.293 e. The van der Waals surface area contributed by atoms with Crippen molar-refractivity contribution >= 4 is 45.8 Å². The minimum Gasteiger partial charge on any atom is -0.449 e. The van der Waals surface area contributed by atoms with Crippen LogP contribution in [0.2, 0.25) is 5.02 Å². The van der Waals surface area contributed by atoms with Gasteiger partial charge in [0.1, 0.15) is 11.3 Å². The Morgan fingerprint density at radius 2 is 1.71 bits per heavy atom. The second kappa shape index (κ2) is 9.12. The predicted octanol–water partition coefficient (Wildman–Crippen LogP) is 5.40. The summed E-state index contributed by atoms with van der Waals surface area (Å²) in [5.74, 6) is -0.501. The van der Waals surface area contributed by atoms with Gasteiger partial charge < -0.3 is 20.0 Å². The molecule has 1 aromatic heterocycles. The number of rotatable bonds is 5. The molecule has 3 aromatic rings. The molecule has 6 nitrogen and oxygen atoms in total. The Kier molecular flexibility index (Phi) is 6.30. The number of benzene rings is 2. The molecule has 2 N–H and O–H groups in total. The van der Waals surface area contributed by atoms with Crippen LogP contribution in [0.15, 0.2) is 52.9 Å². The molecular weight excluding hydrogens is 414 g/mol. The first-order valence-corrected chi connectivity index (χ1v) is 10.9. The number of hydrogen-bond donors (Lipinski definition) is 2. The fraction of sp³-hybridized carbons (Fsp3) is 0.333. The summed E-state index contributed by atoms with van der Waals surface area (Å²) in [6.45, 7) is 6.13. The highest BCUT2D eigenvalue weighted by molar-refractivity contribution is 6.30. The summed E-state index contributed by atoms with van der Waals surface area (Å²) in [5, 5.41) is 7.09. The highest BCUT2D eigenvalue weighted by Crippen LogP contribution is 2.33. The highest BCUT2D eigenvalue weighted by atomic mass is 35.5. The highest BCUT2D eigenvalue weighted by Gasteiger charge is 2.29. The quantitative estimate of drug-likeness (QED) is 0.558. The Balaban J connectivity index is 1.56. The van der Waals surface area contributed by atoms with Crippen molar-refractivity contribution in [2.75, 3.05) is 23.7 Å². The number of nitrogens with one attached hydrogen (secondary N) is 2. The molecule has 1 aliphatic rings. The third-order valence-corrected chi connectivity index (χ3v) is 6.03. The summed E-state index contributed by atoms with van der Waals surface area (Å²) in [5.41, 5.74) is 1.56. The molecule has 2 heterocycles. The van der Waals surface area contributed by atoms with Gasteiger partial charge in [-0.15, -0.1) is 0 Å². The van der Waals surface area contributed by atoms with Gasteiger partial charge in [0.25, 0.3) is 5.91 Å². The van der Waals surface area contributed by atoms with Crippen LogP contribution in [0.5, 0.6) is 0 Å². The van der Waals surface area contributed by atoms with Crippen molar-refractivity contribution in [1.82, 2.24) is 4.90 Å². The Morgan fingerprint density at radius 1 is 1.03 bits per heavy atom. The van der Waals surface area contributed by atoms with E-state index in [1.54, 1.807) is 30.3 Å². The van der Waals surface area contributed by atoms with E-state index in [-0.39, 0.29) is 17.6 Å². The Morgan fingerprint density at radius 3 is 2.39 bits per heavy atom. The number of carbonyl (C=O) groups excluding carboxylic acids is 2. The molecule has 0 radical (unpaired) electrons. The first-order chi connectivity index (χ1) is 14.9. The van der Waals surface area contributed by atoms with Gasteiger partial charge in [-0.3, -0.25) is 9.59 Å². The molecule has 0 spiro atoms. The van der Waals surface area contributed by atoms with Crippen molar-refractivity contribution in [1.29, 1.82) is 0 Å². The summed E-state index contributed by atoms with van der Waals surface area (Å²) in [6, 6.07) is 14.6. The maximum absolute atomic E-state index is 13.0. The molecule has 7 heteroatoms. The number of amides is 2. The van der Waals surface area contributed by atoms with Gasteiger partial charge in [-0.05, 0) is 76.2 Å². The zero-order chi connectivity index (χ0) is 22.0. The minimum atomic E-state index is -0.427. The number of fused-ring (bicyclic) bond motifs is 1. The lowest BCUT2D eigenvalue weighted by Gasteiger charge is -2.33. The van der Waals surface area contributed by atoms with Crippen molar-refractivity contribution in [3.63, 3.8) is 0 Å². The molecule has 2 aromatic carbocycles. The van der Waals surface area contributed by atoms with Gasteiger partial charge in [-0.1, -0.05) is 23.7 Å². The van der Waals surface area contributed by atoms with Crippen LogP contribution >= 0.6 is 11.6 Å². The first kappa shape index (κ1) is 21.4. The van der Waals surface area contributed by atoms with E-state index in [0.29, 0.717) is 33.4 Å². The summed E-state index contributed by atoms with van der Waals surface area (Å²) < 4.78 is 5.83. The van der Waals surface area contributed by atoms with Crippen LogP contribution in [0, 0.1) is 5.92 Å². The van der Waals surface area contributed by atoms with E-state index in [2.05, 4.69) is 29.4 Å². The SMILES string of the molecule is CC(C)N1CCC(C(=O)Nc2c(C(=O)Nc3ccc(Cl)cc3)oc3ccccc23)CC1. The molecule has 1 aliphatic heterocycles. The summed E-state index contributed by atoms with van der Waals surface area (Å²) in [4.78, 5) is 28.4. The number of carbonyl (C=O) groups is 2. The van der Waals surface area contributed by atoms with E-state index in [9.17, 15) is 9.59 Å². The second-order valence-corrected chi connectivity index (χ2v) is 8.59. The van der Waals surface area contributed by atoms with Crippen LogP contribution in [-0.4, -0.2) is 35.8 Å². The fourth-order valence-electron chi connectivity index (χ4n) is 3.95. The monoisotopic (exact) mass is 439 g/mol. The third kappa shape index (κ3) is 4.75. The molecule has 162 valence electrons. The summed E-state index contributed by atoms with van der Waals surface area (Å²) in [6.07, 6.45) is 1.60. The lowest BCUT2D eigenvalue weighted by atomic mass is 9.95. The number of likely N-dealkylation sites (tertiary alicyclic amines) is 1. The zero-order valence-corrected chi connectivity index (χ0v) is 18.4. The predicted molar refractivity (Wildman–Crippen MR) is 124 cm³/mol. The van der Waals surface area contributed by atoms with Crippen LogP contribution in [0.3, 0.4) is 0 Å². The molecule has 1 fully saturated rings. The first-order valence-electron chi connectivity index (χ1n) is 10.6. The minimum absolute atomic E-state index is 0.0736. The van der Waals surface area contributed by atoms with Crippen molar-refractivity contribution < 1.29 is 14.0 Å². The van der Waals surface area contributed by atoms with E-state index in [1.165, 1.54) is 0 Å². The van der Waals surface area contributed by atoms with Crippen molar-refractivity contribution in [3.05, 3.63) is 59.3 Å². The molecule has 0 saturated carbocycles. The maximum atomic E-state index is 13.0. The van der Waals surface area contributed by atoms with E-state index < -0.39 is 5.91 Å². The molecule has 31 heavy (non-hydrogen) atoms. The average molecular weight is 440 g/mol. The zero-order valence-electron chi connectivity index (χ0n) is 17.7. The number of nitrogens with zero attached hydrogens (tertiary/aromatic N) is 1. The van der Waals surface area contributed by atoms with Gasteiger partial charge in [-0.2, -0.15) is 0 Å². The Hall–Kier alpha value is -2.83. The summed E-state index contributed by atoms with van der Waals surface area (Å²) in [7, 11) is 0. The van der Waals surface area contributed by atoms with E-state index >= 15 is 0 Å². The third-order valence-electron chi connectivity index (χ3n) is 5.78. The van der Waals surface area contributed by atoms with Gasteiger partial charge in [0.15, 0.2) is 0 Å². The van der Waals surface area contributed by atoms with E-state index in [0.717, 1.165) is 25.9 Å². The van der Waals surface area contributed by atoms with Crippen molar-refractivity contribution in [2.45, 2.75) is 32.7 Å². The lowest BCUT2D eigenvalue weighted by Crippen LogP contribution is -2.41. The van der Waals surface area contributed by atoms with Crippen LogP contribution in [0.4, 0.5) is 11.4 Å². The smallest absolute Gasteiger partial charge is 0.293 e. The Bertz CT molecular complexity index is 1080. The van der Waals surface area contributed by atoms with Gasteiger partial charge in [0.05, 0.1) is 0 Å². The molecule has 0 aliphatic carbocycles. The molecule has 1 saturated heterocycles. The number of para-hydroxylation sites is 1. The van der Waals surface area contributed by atoms with E-state index in [1.807, 2.05) is 18.2 Å². The van der Waals surface area contributed by atoms with Crippen LogP contribution < -0.4 is 10.6 Å². The molecule has 0 bridgehead atoms. The number of anilines is 2. The molecule has 4 rings (SSSR count). The largest absolute Gasteiger partial charge is 0.449 e.